The summed E-state index contributed by atoms with van der Waals surface area (Å²) in [6.07, 6.45) is 1.70. The third-order valence-corrected chi connectivity index (χ3v) is 4.56. The van der Waals surface area contributed by atoms with Crippen LogP contribution in [0.25, 0.3) is 0 Å². The SMILES string of the molecule is CC1(O)CCN(CC(C)(C)C(N)c2ccccc2)CC1. The van der Waals surface area contributed by atoms with Crippen LogP contribution in [0, 0.1) is 5.41 Å². The van der Waals surface area contributed by atoms with Gasteiger partial charge in [-0.3, -0.25) is 0 Å². The minimum Gasteiger partial charge on any atom is -0.390 e. The lowest BCUT2D eigenvalue weighted by molar-refractivity contribution is -0.0153. The predicted molar refractivity (Wildman–Crippen MR) is 83.4 cm³/mol. The second kappa shape index (κ2) is 5.84. The standard InChI is InChI=1S/C17H28N2O/c1-16(2,15(18)14-7-5-4-6-8-14)13-19-11-9-17(3,20)10-12-19/h4-8,15,20H,9-13,18H2,1-3H3. The van der Waals surface area contributed by atoms with E-state index in [2.05, 4.69) is 30.9 Å². The van der Waals surface area contributed by atoms with Crippen molar-refractivity contribution in [2.24, 2.45) is 11.1 Å². The molecule has 1 unspecified atom stereocenters. The zero-order valence-corrected chi connectivity index (χ0v) is 13.0. The van der Waals surface area contributed by atoms with Crippen LogP contribution in [-0.4, -0.2) is 35.2 Å². The van der Waals surface area contributed by atoms with Crippen LogP contribution in [0.1, 0.15) is 45.2 Å². The van der Waals surface area contributed by atoms with Gasteiger partial charge in [0.2, 0.25) is 0 Å². The molecular formula is C17H28N2O. The fraction of sp³-hybridized carbons (Fsp3) is 0.647. The maximum absolute atomic E-state index is 10.0. The van der Waals surface area contributed by atoms with Crippen LogP contribution < -0.4 is 5.73 Å². The first kappa shape index (κ1) is 15.5. The molecule has 0 aromatic heterocycles. The van der Waals surface area contributed by atoms with Gasteiger partial charge >= 0.3 is 0 Å². The number of aliphatic hydroxyl groups is 1. The van der Waals surface area contributed by atoms with E-state index < -0.39 is 5.60 Å². The van der Waals surface area contributed by atoms with Crippen molar-refractivity contribution in [3.05, 3.63) is 35.9 Å². The minimum atomic E-state index is -0.484. The van der Waals surface area contributed by atoms with E-state index in [9.17, 15) is 5.11 Å². The van der Waals surface area contributed by atoms with E-state index in [4.69, 9.17) is 5.73 Å². The Balaban J connectivity index is 1.97. The highest BCUT2D eigenvalue weighted by molar-refractivity contribution is 5.20. The van der Waals surface area contributed by atoms with Crippen LogP contribution in [0.5, 0.6) is 0 Å². The highest BCUT2D eigenvalue weighted by atomic mass is 16.3. The second-order valence-electron chi connectivity index (χ2n) is 7.15. The zero-order chi connectivity index (χ0) is 14.8. The molecule has 20 heavy (non-hydrogen) atoms. The molecule has 1 saturated heterocycles. The average molecular weight is 276 g/mol. The van der Waals surface area contributed by atoms with Gasteiger partial charge in [0, 0.05) is 25.7 Å². The Bertz CT molecular complexity index is 418. The Kier molecular flexibility index (Phi) is 4.52. The molecule has 1 fully saturated rings. The van der Waals surface area contributed by atoms with Gasteiger partial charge in [0.05, 0.1) is 5.60 Å². The number of hydrogen-bond donors (Lipinski definition) is 2. The Morgan fingerprint density at radius 2 is 1.80 bits per heavy atom. The quantitative estimate of drug-likeness (QED) is 0.888. The maximum atomic E-state index is 10.0. The molecule has 0 saturated carbocycles. The van der Waals surface area contributed by atoms with Crippen molar-refractivity contribution in [1.82, 2.24) is 4.90 Å². The van der Waals surface area contributed by atoms with Gasteiger partial charge < -0.3 is 15.7 Å². The van der Waals surface area contributed by atoms with Gasteiger partial charge in [0.15, 0.2) is 0 Å². The number of benzene rings is 1. The first-order valence-electron chi connectivity index (χ1n) is 7.55. The number of piperidine rings is 1. The van der Waals surface area contributed by atoms with Crippen molar-refractivity contribution < 1.29 is 5.11 Å². The summed E-state index contributed by atoms with van der Waals surface area (Å²) in [7, 11) is 0. The van der Waals surface area contributed by atoms with Crippen molar-refractivity contribution in [1.29, 1.82) is 0 Å². The minimum absolute atomic E-state index is 0.0184. The molecular weight excluding hydrogens is 248 g/mol. The first-order chi connectivity index (χ1) is 9.30. The third-order valence-electron chi connectivity index (χ3n) is 4.56. The zero-order valence-electron chi connectivity index (χ0n) is 13.0. The van der Waals surface area contributed by atoms with Crippen molar-refractivity contribution in [2.45, 2.75) is 45.3 Å². The maximum Gasteiger partial charge on any atom is 0.0644 e. The molecule has 1 aromatic rings. The molecule has 3 heteroatoms. The number of likely N-dealkylation sites (tertiary alicyclic amines) is 1. The van der Waals surface area contributed by atoms with E-state index in [1.165, 1.54) is 5.56 Å². The average Bonchev–Trinajstić information content (AvgIpc) is 2.41. The summed E-state index contributed by atoms with van der Waals surface area (Å²) in [6, 6.07) is 10.4. The molecule has 1 heterocycles. The van der Waals surface area contributed by atoms with Crippen LogP contribution >= 0.6 is 0 Å². The Morgan fingerprint density at radius 3 is 2.35 bits per heavy atom. The largest absolute Gasteiger partial charge is 0.390 e. The van der Waals surface area contributed by atoms with Crippen LogP contribution in [0.4, 0.5) is 0 Å². The van der Waals surface area contributed by atoms with E-state index in [1.807, 2.05) is 25.1 Å². The molecule has 112 valence electrons. The third kappa shape index (κ3) is 3.81. The Hall–Kier alpha value is -0.900. The van der Waals surface area contributed by atoms with Gasteiger partial charge in [0.25, 0.3) is 0 Å². The van der Waals surface area contributed by atoms with Gasteiger partial charge in [-0.05, 0) is 30.7 Å². The van der Waals surface area contributed by atoms with Crippen LogP contribution in [-0.2, 0) is 0 Å². The predicted octanol–water partition coefficient (Wildman–Crippen LogP) is 2.56. The summed E-state index contributed by atoms with van der Waals surface area (Å²) in [4.78, 5) is 2.43. The van der Waals surface area contributed by atoms with Gasteiger partial charge in [-0.1, -0.05) is 44.2 Å². The lowest BCUT2D eigenvalue weighted by Crippen LogP contribution is -2.47. The molecule has 3 N–H and O–H groups in total. The van der Waals surface area contributed by atoms with Gasteiger partial charge in [-0.2, -0.15) is 0 Å². The van der Waals surface area contributed by atoms with Gasteiger partial charge in [-0.15, -0.1) is 0 Å². The Morgan fingerprint density at radius 1 is 1.25 bits per heavy atom. The second-order valence-corrected chi connectivity index (χ2v) is 7.15. The molecule has 1 aliphatic rings. The molecule has 0 aliphatic carbocycles. The number of nitrogens with two attached hydrogens (primary N) is 1. The van der Waals surface area contributed by atoms with E-state index in [1.54, 1.807) is 0 Å². The number of hydrogen-bond acceptors (Lipinski definition) is 3. The highest BCUT2D eigenvalue weighted by Crippen LogP contribution is 2.33. The van der Waals surface area contributed by atoms with Crippen LogP contribution in [0.15, 0.2) is 30.3 Å². The molecule has 1 aromatic carbocycles. The summed E-state index contributed by atoms with van der Waals surface area (Å²) in [5, 5.41) is 10.0. The molecule has 0 spiro atoms. The van der Waals surface area contributed by atoms with Crippen LogP contribution in [0.3, 0.4) is 0 Å². The van der Waals surface area contributed by atoms with E-state index >= 15 is 0 Å². The summed E-state index contributed by atoms with van der Waals surface area (Å²) in [5.41, 5.74) is 7.20. The lowest BCUT2D eigenvalue weighted by Gasteiger charge is -2.41. The summed E-state index contributed by atoms with van der Waals surface area (Å²) >= 11 is 0. The van der Waals surface area contributed by atoms with Gasteiger partial charge in [-0.25, -0.2) is 0 Å². The smallest absolute Gasteiger partial charge is 0.0644 e. The molecule has 0 radical (unpaired) electrons. The summed E-state index contributed by atoms with van der Waals surface area (Å²) < 4.78 is 0. The molecule has 0 bridgehead atoms. The van der Waals surface area contributed by atoms with E-state index in [-0.39, 0.29) is 11.5 Å². The summed E-state index contributed by atoms with van der Waals surface area (Å²) in [5.74, 6) is 0. The fourth-order valence-electron chi connectivity index (χ4n) is 2.98. The number of rotatable bonds is 4. The fourth-order valence-corrected chi connectivity index (χ4v) is 2.98. The van der Waals surface area contributed by atoms with E-state index in [0.717, 1.165) is 32.5 Å². The normalized spacial score (nSPS) is 21.6. The highest BCUT2D eigenvalue weighted by Gasteiger charge is 2.33. The number of nitrogens with zero attached hydrogens (tertiary/aromatic N) is 1. The van der Waals surface area contributed by atoms with Crippen molar-refractivity contribution in [3.63, 3.8) is 0 Å². The molecule has 1 atom stereocenters. The monoisotopic (exact) mass is 276 g/mol. The van der Waals surface area contributed by atoms with Crippen molar-refractivity contribution in [2.75, 3.05) is 19.6 Å². The van der Waals surface area contributed by atoms with Crippen LogP contribution in [0.2, 0.25) is 0 Å². The van der Waals surface area contributed by atoms with Crippen molar-refractivity contribution >= 4 is 0 Å². The molecule has 0 amide bonds. The molecule has 3 nitrogen and oxygen atoms in total. The Labute approximate surface area is 122 Å². The molecule has 1 aliphatic heterocycles. The van der Waals surface area contributed by atoms with E-state index in [0.29, 0.717) is 0 Å². The van der Waals surface area contributed by atoms with Gasteiger partial charge in [0.1, 0.15) is 0 Å². The van der Waals surface area contributed by atoms with Crippen molar-refractivity contribution in [3.8, 4) is 0 Å². The summed E-state index contributed by atoms with van der Waals surface area (Å²) in [6.45, 7) is 9.29. The lowest BCUT2D eigenvalue weighted by atomic mass is 9.79. The first-order valence-corrected chi connectivity index (χ1v) is 7.55. The molecule has 2 rings (SSSR count). The topological polar surface area (TPSA) is 49.5 Å².